The van der Waals surface area contributed by atoms with Crippen LogP contribution in [-0.2, 0) is 46.2 Å². The lowest BCUT2D eigenvalue weighted by Gasteiger charge is -2.26. The zero-order chi connectivity index (χ0) is 41.2. The Bertz CT molecular complexity index is 2040. The molecule has 0 spiro atoms. The van der Waals surface area contributed by atoms with Gasteiger partial charge in [0.1, 0.15) is 35.7 Å². The summed E-state index contributed by atoms with van der Waals surface area (Å²) in [6.45, 7) is 30.2. The molecule has 7 nitrogen and oxygen atoms in total. The normalized spacial score (nSPS) is 12.5. The van der Waals surface area contributed by atoms with Crippen LogP contribution >= 0.6 is 11.6 Å². The number of anilines is 1. The highest BCUT2D eigenvalue weighted by Gasteiger charge is 2.23. The first-order chi connectivity index (χ1) is 26.0. The molecule has 0 atom stereocenters. The number of halogens is 1. The highest BCUT2D eigenvalue weighted by Crippen LogP contribution is 2.34. The average molecular weight is 778 g/mol. The molecular weight excluding hydrogens is 718 g/mol. The zero-order valence-electron chi connectivity index (χ0n) is 35.7. The van der Waals surface area contributed by atoms with E-state index in [9.17, 15) is 4.79 Å². The highest BCUT2D eigenvalue weighted by atomic mass is 35.5. The summed E-state index contributed by atoms with van der Waals surface area (Å²) in [5.74, 6) is 1.52. The van der Waals surface area contributed by atoms with Crippen molar-refractivity contribution >= 4 is 34.4 Å². The summed E-state index contributed by atoms with van der Waals surface area (Å²) in [5, 5.41) is 4.17. The van der Waals surface area contributed by atoms with Crippen LogP contribution in [0.5, 0.6) is 11.5 Å². The second-order valence-electron chi connectivity index (χ2n) is 18.9. The SMILES string of the molecule is CCOC(=O)c1cc2ccc(NCc3cc(OCc4cc(C(C)(C)C)cc(C(C)(C)C)c4)cc(OCc4cc(C(C)(C)C)cc(C(C)(C)C)c4)c3)nc2nc1Cl. The van der Waals surface area contributed by atoms with Gasteiger partial charge in [0.15, 0.2) is 5.65 Å². The second-order valence-corrected chi connectivity index (χ2v) is 19.2. The van der Waals surface area contributed by atoms with Gasteiger partial charge in [-0.15, -0.1) is 0 Å². The van der Waals surface area contributed by atoms with E-state index in [-0.39, 0.29) is 39.0 Å². The molecule has 298 valence electrons. The van der Waals surface area contributed by atoms with Gasteiger partial charge in [-0.1, -0.05) is 131 Å². The Morgan fingerprint density at radius 1 is 0.607 bits per heavy atom. The van der Waals surface area contributed by atoms with Gasteiger partial charge in [-0.05, 0) is 97.9 Å². The molecule has 0 aliphatic heterocycles. The quantitative estimate of drug-likeness (QED) is 0.106. The van der Waals surface area contributed by atoms with E-state index in [0.29, 0.717) is 48.1 Å². The fraction of sp³-hybridized carbons (Fsp3) is 0.438. The lowest BCUT2D eigenvalue weighted by molar-refractivity contribution is 0.0526. The van der Waals surface area contributed by atoms with Gasteiger partial charge in [-0.25, -0.2) is 14.8 Å². The fourth-order valence-corrected chi connectivity index (χ4v) is 6.40. The Labute approximate surface area is 339 Å². The molecule has 0 fully saturated rings. The molecule has 8 heteroatoms. The number of hydrogen-bond donors (Lipinski definition) is 1. The van der Waals surface area contributed by atoms with Crippen molar-refractivity contribution in [3.8, 4) is 11.5 Å². The summed E-state index contributed by atoms with van der Waals surface area (Å²) in [4.78, 5) is 21.4. The molecule has 3 aromatic carbocycles. The minimum Gasteiger partial charge on any atom is -0.489 e. The fourth-order valence-electron chi connectivity index (χ4n) is 6.19. The van der Waals surface area contributed by atoms with Gasteiger partial charge in [0.2, 0.25) is 0 Å². The molecule has 0 bridgehead atoms. The third kappa shape index (κ3) is 11.0. The predicted octanol–water partition coefficient (Wildman–Crippen LogP) is 12.4. The van der Waals surface area contributed by atoms with Gasteiger partial charge in [0.05, 0.1) is 12.2 Å². The minimum atomic E-state index is -0.512. The lowest BCUT2D eigenvalue weighted by atomic mass is 9.79. The molecule has 2 aromatic heterocycles. The third-order valence-corrected chi connectivity index (χ3v) is 10.1. The maximum Gasteiger partial charge on any atom is 0.341 e. The average Bonchev–Trinajstić information content (AvgIpc) is 3.10. The first-order valence-electron chi connectivity index (χ1n) is 19.6. The van der Waals surface area contributed by atoms with E-state index in [1.807, 2.05) is 30.3 Å². The Hall–Kier alpha value is -4.62. The van der Waals surface area contributed by atoms with Crippen LogP contribution in [0.3, 0.4) is 0 Å². The smallest absolute Gasteiger partial charge is 0.341 e. The Morgan fingerprint density at radius 2 is 1.07 bits per heavy atom. The topological polar surface area (TPSA) is 82.6 Å². The van der Waals surface area contributed by atoms with Crippen LogP contribution in [-0.4, -0.2) is 22.5 Å². The second kappa shape index (κ2) is 16.5. The number of fused-ring (bicyclic) bond motifs is 1. The van der Waals surface area contributed by atoms with Crippen molar-refractivity contribution in [1.29, 1.82) is 0 Å². The van der Waals surface area contributed by atoms with E-state index in [1.165, 1.54) is 22.3 Å². The van der Waals surface area contributed by atoms with E-state index in [4.69, 9.17) is 25.8 Å². The number of aromatic nitrogens is 2. The maximum atomic E-state index is 12.4. The van der Waals surface area contributed by atoms with Gasteiger partial charge in [0.25, 0.3) is 0 Å². The maximum absolute atomic E-state index is 12.4. The van der Waals surface area contributed by atoms with Crippen molar-refractivity contribution in [1.82, 2.24) is 9.97 Å². The molecule has 0 aliphatic carbocycles. The summed E-state index contributed by atoms with van der Waals surface area (Å²) in [7, 11) is 0. The van der Waals surface area contributed by atoms with Gasteiger partial charge >= 0.3 is 5.97 Å². The summed E-state index contributed by atoms with van der Waals surface area (Å²) < 4.78 is 18.3. The number of nitrogens with zero attached hydrogens (tertiary/aromatic N) is 2. The Morgan fingerprint density at radius 3 is 1.50 bits per heavy atom. The molecule has 5 rings (SSSR count). The van der Waals surface area contributed by atoms with Crippen LogP contribution in [0.1, 0.15) is 139 Å². The van der Waals surface area contributed by atoms with E-state index >= 15 is 0 Å². The predicted molar refractivity (Wildman–Crippen MR) is 231 cm³/mol. The van der Waals surface area contributed by atoms with Crippen molar-refractivity contribution in [2.24, 2.45) is 0 Å². The van der Waals surface area contributed by atoms with Gasteiger partial charge in [-0.3, -0.25) is 0 Å². The Kier molecular flexibility index (Phi) is 12.5. The number of carbonyl (C=O) groups excluding carboxylic acids is 1. The molecule has 0 saturated carbocycles. The zero-order valence-corrected chi connectivity index (χ0v) is 36.4. The number of ether oxygens (including phenoxy) is 3. The number of benzene rings is 3. The highest BCUT2D eigenvalue weighted by molar-refractivity contribution is 6.32. The first-order valence-corrected chi connectivity index (χ1v) is 19.9. The molecule has 0 unspecified atom stereocenters. The van der Waals surface area contributed by atoms with Gasteiger partial charge in [-0.2, -0.15) is 0 Å². The largest absolute Gasteiger partial charge is 0.489 e. The van der Waals surface area contributed by atoms with Gasteiger partial charge < -0.3 is 19.5 Å². The lowest BCUT2D eigenvalue weighted by Crippen LogP contribution is -2.17. The monoisotopic (exact) mass is 777 g/mol. The molecule has 5 aromatic rings. The number of nitrogens with one attached hydrogen (secondary N) is 1. The van der Waals surface area contributed by atoms with Crippen LogP contribution < -0.4 is 14.8 Å². The van der Waals surface area contributed by atoms with Crippen molar-refractivity contribution in [3.05, 3.63) is 122 Å². The molecule has 56 heavy (non-hydrogen) atoms. The van der Waals surface area contributed by atoms with Crippen molar-refractivity contribution in [2.45, 2.75) is 131 Å². The van der Waals surface area contributed by atoms with Crippen LogP contribution in [0.15, 0.2) is 72.8 Å². The van der Waals surface area contributed by atoms with Crippen molar-refractivity contribution < 1.29 is 19.0 Å². The molecule has 0 aliphatic rings. The molecular formula is C48H60ClN3O4. The van der Waals surface area contributed by atoms with Crippen molar-refractivity contribution in [2.75, 3.05) is 11.9 Å². The van der Waals surface area contributed by atoms with Crippen LogP contribution in [0.2, 0.25) is 5.15 Å². The minimum absolute atomic E-state index is 0.000585. The van der Waals surface area contributed by atoms with E-state index in [2.05, 4.69) is 135 Å². The Balaban J connectivity index is 1.45. The number of hydrogen-bond acceptors (Lipinski definition) is 7. The van der Waals surface area contributed by atoms with Crippen LogP contribution in [0.25, 0.3) is 11.0 Å². The third-order valence-electron chi connectivity index (χ3n) is 9.80. The molecule has 0 radical (unpaired) electrons. The molecule has 0 saturated heterocycles. The number of esters is 1. The number of carbonyl (C=O) groups is 1. The summed E-state index contributed by atoms with van der Waals surface area (Å²) in [6.07, 6.45) is 0. The van der Waals surface area contributed by atoms with E-state index < -0.39 is 5.97 Å². The summed E-state index contributed by atoms with van der Waals surface area (Å²) >= 11 is 6.36. The van der Waals surface area contributed by atoms with Crippen molar-refractivity contribution in [3.63, 3.8) is 0 Å². The summed E-state index contributed by atoms with van der Waals surface area (Å²) in [6, 6.07) is 25.1. The number of rotatable bonds is 11. The standard InChI is InChI=1S/C48H60ClN3O4/c1-14-54-44(53)40-23-33-15-16-41(51-43(33)52-42(40)49)50-27-30-21-38(55-28-31-17-34(45(2,3)4)24-35(18-31)46(5,6)7)26-39(22-30)56-29-32-19-36(47(8,9)10)25-37(20-32)48(11,12)13/h15-26H,14,27-29H2,1-13H3,(H,50,51,52). The summed E-state index contributed by atoms with van der Waals surface area (Å²) in [5.41, 5.74) is 8.99. The number of pyridine rings is 2. The first kappa shape index (κ1) is 42.5. The molecule has 1 N–H and O–H groups in total. The van der Waals surface area contributed by atoms with Gasteiger partial charge in [0, 0.05) is 18.0 Å². The van der Waals surface area contributed by atoms with E-state index in [0.717, 1.165) is 16.7 Å². The van der Waals surface area contributed by atoms with Crippen LogP contribution in [0.4, 0.5) is 5.82 Å². The van der Waals surface area contributed by atoms with E-state index in [1.54, 1.807) is 13.0 Å². The molecule has 2 heterocycles. The van der Waals surface area contributed by atoms with Crippen LogP contribution in [0, 0.1) is 0 Å². The molecule has 0 amide bonds.